The average molecular weight is 199 g/mol. The highest BCUT2D eigenvalue weighted by molar-refractivity contribution is 5.85. The van der Waals surface area contributed by atoms with Gasteiger partial charge in [-0.25, -0.2) is 0 Å². The van der Waals surface area contributed by atoms with Crippen LogP contribution >= 0.6 is 0 Å². The van der Waals surface area contributed by atoms with E-state index in [9.17, 15) is 9.90 Å². The van der Waals surface area contributed by atoms with Crippen LogP contribution in [0.25, 0.3) is 0 Å². The van der Waals surface area contributed by atoms with Gasteiger partial charge in [0.2, 0.25) is 0 Å². The molecule has 0 bridgehead atoms. The van der Waals surface area contributed by atoms with Crippen molar-refractivity contribution in [3.63, 3.8) is 0 Å². The van der Waals surface area contributed by atoms with Crippen molar-refractivity contribution in [2.24, 2.45) is 11.8 Å². The first-order valence-electron chi connectivity index (χ1n) is 5.59. The van der Waals surface area contributed by atoms with Crippen LogP contribution in [0.2, 0.25) is 0 Å². The second-order valence-corrected chi connectivity index (χ2v) is 4.26. The number of aliphatic hydroxyl groups is 1. The van der Waals surface area contributed by atoms with Gasteiger partial charge in [-0.3, -0.25) is 4.79 Å². The van der Waals surface area contributed by atoms with Crippen LogP contribution < -0.4 is 5.32 Å². The number of rotatable bonds is 4. The van der Waals surface area contributed by atoms with Gasteiger partial charge < -0.3 is 10.4 Å². The molecule has 0 amide bonds. The van der Waals surface area contributed by atoms with Gasteiger partial charge in [0.15, 0.2) is 5.78 Å². The highest BCUT2D eigenvalue weighted by Gasteiger charge is 2.29. The lowest BCUT2D eigenvalue weighted by Gasteiger charge is -2.27. The normalized spacial score (nSPS) is 26.9. The van der Waals surface area contributed by atoms with Crippen molar-refractivity contribution in [1.82, 2.24) is 5.32 Å². The fourth-order valence-corrected chi connectivity index (χ4v) is 1.87. The average Bonchev–Trinajstić information content (AvgIpc) is 2.27. The maximum atomic E-state index is 11.7. The summed E-state index contributed by atoms with van der Waals surface area (Å²) in [6.07, 6.45) is 2.10. The molecule has 1 saturated heterocycles. The monoisotopic (exact) mass is 199 g/mol. The molecule has 1 fully saturated rings. The lowest BCUT2D eigenvalue weighted by atomic mass is 9.87. The lowest BCUT2D eigenvalue weighted by molar-refractivity contribution is -0.133. The second kappa shape index (κ2) is 5.47. The number of hydrogen-bond acceptors (Lipinski definition) is 3. The molecule has 1 aliphatic heterocycles. The number of hydrogen-bond donors (Lipinski definition) is 2. The number of carbonyl (C=O) groups is 1. The highest BCUT2D eigenvalue weighted by Crippen LogP contribution is 2.18. The van der Waals surface area contributed by atoms with E-state index in [2.05, 4.69) is 5.32 Å². The molecule has 1 aliphatic rings. The Morgan fingerprint density at radius 2 is 2.36 bits per heavy atom. The van der Waals surface area contributed by atoms with Crippen LogP contribution in [-0.2, 0) is 4.79 Å². The number of aliphatic hydroxyl groups excluding tert-OH is 1. The van der Waals surface area contributed by atoms with Crippen molar-refractivity contribution < 1.29 is 9.90 Å². The van der Waals surface area contributed by atoms with Crippen LogP contribution in [0.5, 0.6) is 0 Å². The van der Waals surface area contributed by atoms with Crippen LogP contribution in [-0.4, -0.2) is 30.1 Å². The molecular formula is C11H21NO2. The van der Waals surface area contributed by atoms with Gasteiger partial charge in [-0.1, -0.05) is 13.8 Å². The van der Waals surface area contributed by atoms with Crippen molar-refractivity contribution in [3.05, 3.63) is 0 Å². The summed E-state index contributed by atoms with van der Waals surface area (Å²) < 4.78 is 0. The van der Waals surface area contributed by atoms with E-state index in [1.165, 1.54) is 0 Å². The van der Waals surface area contributed by atoms with Gasteiger partial charge in [0.25, 0.3) is 0 Å². The SMILES string of the molecule is CCC(C)C(=O)C(O)C1CCCNC1. The highest BCUT2D eigenvalue weighted by atomic mass is 16.3. The third-order valence-electron chi connectivity index (χ3n) is 3.17. The largest absolute Gasteiger partial charge is 0.385 e. The third kappa shape index (κ3) is 2.79. The Balaban J connectivity index is 2.45. The smallest absolute Gasteiger partial charge is 0.164 e. The molecule has 3 heteroatoms. The summed E-state index contributed by atoms with van der Waals surface area (Å²) in [6, 6.07) is 0. The summed E-state index contributed by atoms with van der Waals surface area (Å²) >= 11 is 0. The first kappa shape index (κ1) is 11.7. The molecular weight excluding hydrogens is 178 g/mol. The minimum absolute atomic E-state index is 0.00748. The van der Waals surface area contributed by atoms with E-state index in [0.717, 1.165) is 32.4 Å². The summed E-state index contributed by atoms with van der Waals surface area (Å²) in [7, 11) is 0. The molecule has 0 aromatic rings. The van der Waals surface area contributed by atoms with E-state index < -0.39 is 6.10 Å². The van der Waals surface area contributed by atoms with Crippen molar-refractivity contribution in [3.8, 4) is 0 Å². The third-order valence-corrected chi connectivity index (χ3v) is 3.17. The standard InChI is InChI=1S/C11H21NO2/c1-3-8(2)10(13)11(14)9-5-4-6-12-7-9/h8-9,11-12,14H,3-7H2,1-2H3. The van der Waals surface area contributed by atoms with Crippen molar-refractivity contribution >= 4 is 5.78 Å². The molecule has 14 heavy (non-hydrogen) atoms. The first-order valence-corrected chi connectivity index (χ1v) is 5.59. The summed E-state index contributed by atoms with van der Waals surface area (Å²) in [6.45, 7) is 5.67. The molecule has 1 rings (SSSR count). The molecule has 0 aromatic heterocycles. The van der Waals surface area contributed by atoms with E-state index in [4.69, 9.17) is 0 Å². The van der Waals surface area contributed by atoms with E-state index in [-0.39, 0.29) is 17.6 Å². The molecule has 0 aromatic carbocycles. The zero-order valence-electron chi connectivity index (χ0n) is 9.12. The van der Waals surface area contributed by atoms with Gasteiger partial charge in [0.1, 0.15) is 6.10 Å². The number of nitrogens with one attached hydrogen (secondary N) is 1. The van der Waals surface area contributed by atoms with Gasteiger partial charge in [-0.15, -0.1) is 0 Å². The van der Waals surface area contributed by atoms with Crippen molar-refractivity contribution in [1.29, 1.82) is 0 Å². The number of ketones is 1. The molecule has 82 valence electrons. The molecule has 3 atom stereocenters. The van der Waals surface area contributed by atoms with Gasteiger partial charge in [0, 0.05) is 18.4 Å². The molecule has 2 N–H and O–H groups in total. The molecule has 0 aliphatic carbocycles. The van der Waals surface area contributed by atoms with Crippen molar-refractivity contribution in [2.45, 2.75) is 39.2 Å². The Kier molecular flexibility index (Phi) is 4.55. The minimum Gasteiger partial charge on any atom is -0.385 e. The topological polar surface area (TPSA) is 49.3 Å². The Morgan fingerprint density at radius 1 is 1.64 bits per heavy atom. The fourth-order valence-electron chi connectivity index (χ4n) is 1.87. The Labute approximate surface area is 85.9 Å². The predicted octanol–water partition coefficient (Wildman–Crippen LogP) is 0.962. The van der Waals surface area contributed by atoms with Gasteiger partial charge >= 0.3 is 0 Å². The molecule has 0 saturated carbocycles. The molecule has 3 unspecified atom stereocenters. The number of Topliss-reactive ketones (excluding diaryl/α,β-unsaturated/α-hetero) is 1. The summed E-state index contributed by atoms with van der Waals surface area (Å²) in [4.78, 5) is 11.7. The van der Waals surface area contributed by atoms with Gasteiger partial charge in [0.05, 0.1) is 0 Å². The van der Waals surface area contributed by atoms with Gasteiger partial charge in [-0.2, -0.15) is 0 Å². The van der Waals surface area contributed by atoms with Crippen LogP contribution in [0, 0.1) is 11.8 Å². The molecule has 1 heterocycles. The van der Waals surface area contributed by atoms with Crippen LogP contribution in [0.3, 0.4) is 0 Å². The Bertz CT molecular complexity index is 188. The van der Waals surface area contributed by atoms with E-state index in [1.807, 2.05) is 13.8 Å². The van der Waals surface area contributed by atoms with Crippen LogP contribution in [0.4, 0.5) is 0 Å². The van der Waals surface area contributed by atoms with E-state index >= 15 is 0 Å². The summed E-state index contributed by atoms with van der Waals surface area (Å²) in [5.74, 6) is 0.137. The van der Waals surface area contributed by atoms with E-state index in [0.29, 0.717) is 0 Å². The predicted molar refractivity (Wildman–Crippen MR) is 56.1 cm³/mol. The maximum Gasteiger partial charge on any atom is 0.164 e. The molecule has 0 spiro atoms. The quantitative estimate of drug-likeness (QED) is 0.709. The second-order valence-electron chi connectivity index (χ2n) is 4.26. The molecule has 3 nitrogen and oxygen atoms in total. The Hall–Kier alpha value is -0.410. The maximum absolute atomic E-state index is 11.7. The first-order chi connectivity index (χ1) is 6.66. The van der Waals surface area contributed by atoms with Gasteiger partial charge in [-0.05, 0) is 25.8 Å². The van der Waals surface area contributed by atoms with Crippen LogP contribution in [0.15, 0.2) is 0 Å². The molecule has 0 radical (unpaired) electrons. The van der Waals surface area contributed by atoms with E-state index in [1.54, 1.807) is 0 Å². The van der Waals surface area contributed by atoms with Crippen molar-refractivity contribution in [2.75, 3.05) is 13.1 Å². The minimum atomic E-state index is -0.752. The number of piperidine rings is 1. The van der Waals surface area contributed by atoms with Crippen LogP contribution in [0.1, 0.15) is 33.1 Å². The fraction of sp³-hybridized carbons (Fsp3) is 0.909. The zero-order chi connectivity index (χ0) is 10.6. The summed E-state index contributed by atoms with van der Waals surface area (Å²) in [5.41, 5.74) is 0. The summed E-state index contributed by atoms with van der Waals surface area (Å²) in [5, 5.41) is 13.1. The number of carbonyl (C=O) groups excluding carboxylic acids is 1. The Morgan fingerprint density at radius 3 is 2.86 bits per heavy atom. The zero-order valence-corrected chi connectivity index (χ0v) is 9.12. The lowest BCUT2D eigenvalue weighted by Crippen LogP contribution is -2.42.